The number of ether oxygens (including phenoxy) is 2. The summed E-state index contributed by atoms with van der Waals surface area (Å²) in [7, 11) is -0.410. The number of nitrogens with one attached hydrogen (secondary N) is 1. The molecule has 0 aromatic heterocycles. The smallest absolute Gasteiger partial charge is 0.243 e. The molecule has 0 saturated carbocycles. The Balaban J connectivity index is 1.75. The van der Waals surface area contributed by atoms with Crippen LogP contribution in [0.4, 0.5) is 11.4 Å². The van der Waals surface area contributed by atoms with Crippen LogP contribution < -0.4 is 19.7 Å². The Hall–Kier alpha value is -2.78. The van der Waals surface area contributed by atoms with Crippen LogP contribution in [0.3, 0.4) is 0 Å². The Morgan fingerprint density at radius 1 is 1.10 bits per heavy atom. The largest absolute Gasteiger partial charge is 0.497 e. The molecular formula is C22H29N3O5S. The van der Waals surface area contributed by atoms with Crippen molar-refractivity contribution in [1.82, 2.24) is 4.31 Å². The summed E-state index contributed by atoms with van der Waals surface area (Å²) in [4.78, 5) is 14.9. The molecule has 1 heterocycles. The summed E-state index contributed by atoms with van der Waals surface area (Å²) in [6.07, 6.45) is 0.687. The minimum absolute atomic E-state index is 0.148. The summed E-state index contributed by atoms with van der Waals surface area (Å²) in [5.74, 6) is 0.964. The van der Waals surface area contributed by atoms with Gasteiger partial charge in [0.2, 0.25) is 15.9 Å². The van der Waals surface area contributed by atoms with Crippen molar-refractivity contribution in [3.63, 3.8) is 0 Å². The third-order valence-electron chi connectivity index (χ3n) is 5.40. The highest BCUT2D eigenvalue weighted by Gasteiger charge is 2.26. The molecule has 0 saturated heterocycles. The highest BCUT2D eigenvalue weighted by Crippen LogP contribution is 2.32. The van der Waals surface area contributed by atoms with Gasteiger partial charge in [0.25, 0.3) is 0 Å². The second-order valence-electron chi connectivity index (χ2n) is 7.17. The van der Waals surface area contributed by atoms with Gasteiger partial charge in [-0.3, -0.25) is 4.79 Å². The Labute approximate surface area is 183 Å². The van der Waals surface area contributed by atoms with Gasteiger partial charge in [0.05, 0.1) is 31.3 Å². The van der Waals surface area contributed by atoms with Gasteiger partial charge in [0.15, 0.2) is 0 Å². The maximum atomic E-state index is 12.8. The van der Waals surface area contributed by atoms with Gasteiger partial charge >= 0.3 is 0 Å². The number of methoxy groups -OCH3 is 2. The number of hydrogen-bond acceptors (Lipinski definition) is 6. The minimum atomic E-state index is -3.51. The number of nitrogens with zero attached hydrogens (tertiary/aromatic N) is 2. The summed E-state index contributed by atoms with van der Waals surface area (Å²) in [5, 5.41) is 2.87. The predicted molar refractivity (Wildman–Crippen MR) is 121 cm³/mol. The Morgan fingerprint density at radius 2 is 1.84 bits per heavy atom. The van der Waals surface area contributed by atoms with Crippen LogP contribution >= 0.6 is 0 Å². The van der Waals surface area contributed by atoms with Crippen molar-refractivity contribution in [2.75, 3.05) is 50.6 Å². The average molecular weight is 448 g/mol. The number of hydrogen-bond donors (Lipinski definition) is 1. The molecule has 0 aliphatic carbocycles. The number of fused-ring (bicyclic) bond motifs is 1. The predicted octanol–water partition coefficient (Wildman–Crippen LogP) is 2.74. The van der Waals surface area contributed by atoms with E-state index in [4.69, 9.17) is 9.47 Å². The second kappa shape index (κ2) is 9.57. The van der Waals surface area contributed by atoms with E-state index in [-0.39, 0.29) is 12.5 Å². The molecule has 1 aliphatic heterocycles. The molecule has 168 valence electrons. The first-order valence-corrected chi connectivity index (χ1v) is 11.7. The maximum Gasteiger partial charge on any atom is 0.243 e. The molecule has 1 N–H and O–H groups in total. The zero-order valence-corrected chi connectivity index (χ0v) is 19.2. The first-order chi connectivity index (χ1) is 14.8. The molecule has 1 aliphatic rings. The van der Waals surface area contributed by atoms with Gasteiger partial charge in [-0.15, -0.1) is 0 Å². The van der Waals surface area contributed by atoms with E-state index in [1.807, 2.05) is 18.7 Å². The summed E-state index contributed by atoms with van der Waals surface area (Å²) < 4.78 is 37.6. The van der Waals surface area contributed by atoms with Crippen molar-refractivity contribution in [3.8, 4) is 11.5 Å². The number of amides is 1. The normalized spacial score (nSPS) is 13.3. The SMILES string of the molecule is CCN(CC)S(=O)(=O)c1ccc2c(c1)CCN2CC(=O)Nc1cc(OC)ccc1OC. The molecule has 1 amide bonds. The van der Waals surface area contributed by atoms with Crippen LogP contribution in [0.2, 0.25) is 0 Å². The molecule has 0 fully saturated rings. The van der Waals surface area contributed by atoms with Crippen molar-refractivity contribution in [2.24, 2.45) is 0 Å². The molecule has 31 heavy (non-hydrogen) atoms. The van der Waals surface area contributed by atoms with Gasteiger partial charge in [-0.05, 0) is 42.3 Å². The molecule has 0 unspecified atom stereocenters. The van der Waals surface area contributed by atoms with Crippen LogP contribution in [-0.4, -0.2) is 59.0 Å². The van der Waals surface area contributed by atoms with Gasteiger partial charge in [-0.1, -0.05) is 13.8 Å². The third-order valence-corrected chi connectivity index (χ3v) is 7.45. The van der Waals surface area contributed by atoms with Crippen LogP contribution in [0.15, 0.2) is 41.3 Å². The van der Waals surface area contributed by atoms with Gasteiger partial charge in [0.1, 0.15) is 11.5 Å². The fourth-order valence-corrected chi connectivity index (χ4v) is 5.27. The molecule has 0 bridgehead atoms. The van der Waals surface area contributed by atoms with Crippen LogP contribution in [0.5, 0.6) is 11.5 Å². The molecule has 8 nitrogen and oxygen atoms in total. The van der Waals surface area contributed by atoms with Gasteiger partial charge in [-0.2, -0.15) is 4.31 Å². The topological polar surface area (TPSA) is 88.2 Å². The lowest BCUT2D eigenvalue weighted by Gasteiger charge is -2.21. The quantitative estimate of drug-likeness (QED) is 0.636. The van der Waals surface area contributed by atoms with Gasteiger partial charge in [0, 0.05) is 31.4 Å². The van der Waals surface area contributed by atoms with E-state index >= 15 is 0 Å². The zero-order valence-electron chi connectivity index (χ0n) is 18.3. The molecular weight excluding hydrogens is 418 g/mol. The lowest BCUT2D eigenvalue weighted by Crippen LogP contribution is -2.32. The molecule has 9 heteroatoms. The number of rotatable bonds is 9. The van der Waals surface area contributed by atoms with Crippen molar-refractivity contribution in [2.45, 2.75) is 25.2 Å². The van der Waals surface area contributed by atoms with Gasteiger partial charge < -0.3 is 19.7 Å². The van der Waals surface area contributed by atoms with E-state index in [1.54, 1.807) is 43.5 Å². The van der Waals surface area contributed by atoms with E-state index in [9.17, 15) is 13.2 Å². The highest BCUT2D eigenvalue weighted by atomic mass is 32.2. The first-order valence-electron chi connectivity index (χ1n) is 10.2. The van der Waals surface area contributed by atoms with Crippen molar-refractivity contribution < 1.29 is 22.7 Å². The van der Waals surface area contributed by atoms with Gasteiger partial charge in [-0.25, -0.2) is 8.42 Å². The lowest BCUT2D eigenvalue weighted by atomic mass is 10.2. The molecule has 0 radical (unpaired) electrons. The number of benzene rings is 2. The molecule has 2 aromatic rings. The molecule has 0 atom stereocenters. The van der Waals surface area contributed by atoms with E-state index in [0.29, 0.717) is 48.1 Å². The Bertz CT molecular complexity index is 1050. The molecule has 3 rings (SSSR count). The zero-order chi connectivity index (χ0) is 22.6. The van der Waals surface area contributed by atoms with Crippen LogP contribution in [0.1, 0.15) is 19.4 Å². The Morgan fingerprint density at radius 3 is 2.48 bits per heavy atom. The van der Waals surface area contributed by atoms with Crippen LogP contribution in [-0.2, 0) is 21.2 Å². The standard InChI is InChI=1S/C22H29N3O5S/c1-5-25(6-2)31(27,28)18-8-9-20-16(13-18)11-12-24(20)15-22(26)23-19-14-17(29-3)7-10-21(19)30-4/h7-10,13-14H,5-6,11-12,15H2,1-4H3,(H,23,26). The van der Waals surface area contributed by atoms with Crippen molar-refractivity contribution in [3.05, 3.63) is 42.0 Å². The fraction of sp³-hybridized carbons (Fsp3) is 0.409. The summed E-state index contributed by atoms with van der Waals surface area (Å²) >= 11 is 0. The van der Waals surface area contributed by atoms with Crippen LogP contribution in [0.25, 0.3) is 0 Å². The number of carbonyl (C=O) groups is 1. The summed E-state index contributed by atoms with van der Waals surface area (Å²) in [6.45, 7) is 5.30. The minimum Gasteiger partial charge on any atom is -0.497 e. The van der Waals surface area contributed by atoms with E-state index in [0.717, 1.165) is 11.3 Å². The number of anilines is 2. The molecule has 0 spiro atoms. The second-order valence-corrected chi connectivity index (χ2v) is 9.10. The monoisotopic (exact) mass is 447 g/mol. The third kappa shape index (κ3) is 4.77. The lowest BCUT2D eigenvalue weighted by molar-refractivity contribution is -0.115. The maximum absolute atomic E-state index is 12.8. The first kappa shape index (κ1) is 22.9. The van der Waals surface area contributed by atoms with E-state index in [2.05, 4.69) is 5.32 Å². The fourth-order valence-electron chi connectivity index (χ4n) is 3.76. The van der Waals surface area contributed by atoms with E-state index < -0.39 is 10.0 Å². The average Bonchev–Trinajstić information content (AvgIpc) is 3.16. The van der Waals surface area contributed by atoms with Crippen LogP contribution in [0, 0.1) is 0 Å². The highest BCUT2D eigenvalue weighted by molar-refractivity contribution is 7.89. The van der Waals surface area contributed by atoms with Crippen molar-refractivity contribution >= 4 is 27.3 Å². The number of carbonyl (C=O) groups excluding carboxylic acids is 1. The Kier molecular flexibility index (Phi) is 7.07. The van der Waals surface area contributed by atoms with Crippen molar-refractivity contribution in [1.29, 1.82) is 0 Å². The molecule has 2 aromatic carbocycles. The van der Waals surface area contributed by atoms with E-state index in [1.165, 1.54) is 11.4 Å². The number of sulfonamides is 1. The summed E-state index contributed by atoms with van der Waals surface area (Å²) in [6, 6.07) is 10.3. The summed E-state index contributed by atoms with van der Waals surface area (Å²) in [5.41, 5.74) is 2.35.